The third-order valence-corrected chi connectivity index (χ3v) is 6.08. The Morgan fingerprint density at radius 2 is 1.90 bits per heavy atom. The number of hydrogen-bond donors (Lipinski definition) is 0. The SMILES string of the molecule is C=CCOc1c(I)cc(/C=C2\SC(=O)N(CCOc3ccc(C)cc3)C2=O)cc1OC. The van der Waals surface area contributed by atoms with Gasteiger partial charge in [-0.1, -0.05) is 30.4 Å². The average molecular weight is 551 g/mol. The summed E-state index contributed by atoms with van der Waals surface area (Å²) in [6.45, 7) is 6.42. The molecular weight excluding hydrogens is 529 g/mol. The molecule has 8 heteroatoms. The average Bonchev–Trinajstić information content (AvgIpc) is 3.01. The fourth-order valence-electron chi connectivity index (χ4n) is 2.84. The third-order valence-electron chi connectivity index (χ3n) is 4.37. The van der Waals surface area contributed by atoms with Gasteiger partial charge in [-0.2, -0.15) is 0 Å². The molecule has 0 aliphatic carbocycles. The number of rotatable bonds is 9. The number of benzene rings is 2. The second-order valence-corrected chi connectivity index (χ2v) is 8.78. The van der Waals surface area contributed by atoms with E-state index < -0.39 is 0 Å². The van der Waals surface area contributed by atoms with Crippen LogP contribution in [0.3, 0.4) is 0 Å². The van der Waals surface area contributed by atoms with Gasteiger partial charge >= 0.3 is 0 Å². The number of aryl methyl sites for hydroxylation is 1. The van der Waals surface area contributed by atoms with Gasteiger partial charge in [0.05, 0.1) is 22.1 Å². The lowest BCUT2D eigenvalue weighted by atomic mass is 10.2. The van der Waals surface area contributed by atoms with Gasteiger partial charge in [-0.3, -0.25) is 14.5 Å². The molecule has 0 unspecified atom stereocenters. The molecule has 6 nitrogen and oxygen atoms in total. The number of nitrogens with zero attached hydrogens (tertiary/aromatic N) is 1. The van der Waals surface area contributed by atoms with E-state index in [1.165, 1.54) is 4.90 Å². The van der Waals surface area contributed by atoms with E-state index in [9.17, 15) is 9.59 Å². The van der Waals surface area contributed by atoms with Crippen LogP contribution in [0.1, 0.15) is 11.1 Å². The van der Waals surface area contributed by atoms with Crippen molar-refractivity contribution >= 4 is 51.6 Å². The van der Waals surface area contributed by atoms with Crippen LogP contribution in [0.25, 0.3) is 6.08 Å². The van der Waals surface area contributed by atoms with Gasteiger partial charge in [0, 0.05) is 0 Å². The van der Waals surface area contributed by atoms with Crippen LogP contribution < -0.4 is 14.2 Å². The topological polar surface area (TPSA) is 65.1 Å². The van der Waals surface area contributed by atoms with Gasteiger partial charge in [0.15, 0.2) is 11.5 Å². The lowest BCUT2D eigenvalue weighted by Crippen LogP contribution is -2.32. The second-order valence-electron chi connectivity index (χ2n) is 6.63. The highest BCUT2D eigenvalue weighted by molar-refractivity contribution is 14.1. The molecule has 162 valence electrons. The molecule has 0 bridgehead atoms. The number of ether oxygens (including phenoxy) is 3. The number of halogens is 1. The zero-order valence-corrected chi connectivity index (χ0v) is 20.2. The van der Waals surface area contributed by atoms with Crippen molar-refractivity contribution in [1.29, 1.82) is 0 Å². The van der Waals surface area contributed by atoms with Crippen molar-refractivity contribution in [3.63, 3.8) is 0 Å². The molecule has 1 saturated heterocycles. The van der Waals surface area contributed by atoms with Gasteiger partial charge in [0.2, 0.25) is 0 Å². The smallest absolute Gasteiger partial charge is 0.293 e. The second kappa shape index (κ2) is 10.7. The summed E-state index contributed by atoms with van der Waals surface area (Å²) in [5.41, 5.74) is 1.88. The van der Waals surface area contributed by atoms with Gasteiger partial charge in [-0.15, -0.1) is 0 Å². The van der Waals surface area contributed by atoms with Crippen LogP contribution in [-0.4, -0.2) is 42.9 Å². The minimum absolute atomic E-state index is 0.186. The molecule has 0 saturated carbocycles. The molecule has 0 N–H and O–H groups in total. The van der Waals surface area contributed by atoms with Crippen LogP contribution in [0.2, 0.25) is 0 Å². The van der Waals surface area contributed by atoms with Crippen LogP contribution >= 0.6 is 34.4 Å². The number of hydrogen-bond acceptors (Lipinski definition) is 6. The highest BCUT2D eigenvalue weighted by Crippen LogP contribution is 2.37. The van der Waals surface area contributed by atoms with Crippen molar-refractivity contribution in [2.24, 2.45) is 0 Å². The van der Waals surface area contributed by atoms with Gasteiger partial charge in [-0.25, -0.2) is 0 Å². The molecule has 31 heavy (non-hydrogen) atoms. The fourth-order valence-corrected chi connectivity index (χ4v) is 4.48. The zero-order valence-electron chi connectivity index (χ0n) is 17.2. The normalized spacial score (nSPS) is 14.8. The van der Waals surface area contributed by atoms with E-state index in [0.717, 1.165) is 26.5 Å². The Morgan fingerprint density at radius 3 is 2.58 bits per heavy atom. The summed E-state index contributed by atoms with van der Waals surface area (Å²) in [6, 6.07) is 11.3. The Kier molecular flexibility index (Phi) is 8.03. The van der Waals surface area contributed by atoms with Crippen molar-refractivity contribution in [2.75, 3.05) is 26.9 Å². The third kappa shape index (κ3) is 5.82. The maximum absolute atomic E-state index is 12.7. The number of amides is 2. The van der Waals surface area contributed by atoms with Crippen molar-refractivity contribution < 1.29 is 23.8 Å². The summed E-state index contributed by atoms with van der Waals surface area (Å²) in [6.07, 6.45) is 3.34. The Labute approximate surface area is 199 Å². The van der Waals surface area contributed by atoms with Crippen molar-refractivity contribution in [3.05, 3.63) is 68.7 Å². The van der Waals surface area contributed by atoms with Crippen LogP contribution in [0, 0.1) is 10.5 Å². The molecule has 0 spiro atoms. The molecule has 1 fully saturated rings. The molecule has 1 aliphatic rings. The Hall–Kier alpha value is -2.46. The summed E-state index contributed by atoms with van der Waals surface area (Å²) in [5.74, 6) is 1.53. The van der Waals surface area contributed by atoms with E-state index in [1.807, 2.05) is 37.3 Å². The first-order valence-electron chi connectivity index (χ1n) is 9.49. The number of methoxy groups -OCH3 is 1. The minimum Gasteiger partial charge on any atom is -0.493 e. The Morgan fingerprint density at radius 1 is 1.16 bits per heavy atom. The Bertz CT molecular complexity index is 1020. The molecule has 3 rings (SSSR count). The summed E-state index contributed by atoms with van der Waals surface area (Å²) < 4.78 is 17.6. The molecule has 0 aromatic heterocycles. The zero-order chi connectivity index (χ0) is 22.4. The molecule has 1 heterocycles. The first-order chi connectivity index (χ1) is 14.9. The lowest BCUT2D eigenvalue weighted by Gasteiger charge is -2.13. The minimum atomic E-state index is -0.330. The fraction of sp³-hybridized carbons (Fsp3) is 0.217. The van der Waals surface area contributed by atoms with Gasteiger partial charge in [-0.05, 0) is 77.2 Å². The lowest BCUT2D eigenvalue weighted by molar-refractivity contribution is -0.123. The van der Waals surface area contributed by atoms with Gasteiger partial charge < -0.3 is 14.2 Å². The molecule has 1 aliphatic heterocycles. The van der Waals surface area contributed by atoms with Crippen molar-refractivity contribution in [1.82, 2.24) is 4.90 Å². The number of carbonyl (C=O) groups is 2. The van der Waals surface area contributed by atoms with Crippen LogP contribution in [0.5, 0.6) is 17.2 Å². The molecule has 2 aromatic rings. The predicted molar refractivity (Wildman–Crippen MR) is 131 cm³/mol. The van der Waals surface area contributed by atoms with Crippen LogP contribution in [-0.2, 0) is 4.79 Å². The largest absolute Gasteiger partial charge is 0.493 e. The summed E-state index contributed by atoms with van der Waals surface area (Å²) >= 11 is 3.06. The first kappa shape index (κ1) is 23.2. The van der Waals surface area contributed by atoms with Gasteiger partial charge in [0.1, 0.15) is 19.0 Å². The molecule has 2 amide bonds. The quantitative estimate of drug-likeness (QED) is 0.240. The molecule has 2 aromatic carbocycles. The van der Waals surface area contributed by atoms with Crippen LogP contribution in [0.15, 0.2) is 54.0 Å². The Balaban J connectivity index is 1.70. The predicted octanol–water partition coefficient (Wildman–Crippen LogP) is 5.29. The van der Waals surface area contributed by atoms with Crippen molar-refractivity contribution in [2.45, 2.75) is 6.92 Å². The number of imide groups is 1. The maximum atomic E-state index is 12.7. The van der Waals surface area contributed by atoms with E-state index in [1.54, 1.807) is 25.3 Å². The first-order valence-corrected chi connectivity index (χ1v) is 11.4. The molecule has 0 radical (unpaired) electrons. The standard InChI is InChI=1S/C23H22INO5S/c1-4-10-30-21-18(24)12-16(13-19(21)28-3)14-20-22(26)25(23(27)31-20)9-11-29-17-7-5-15(2)6-8-17/h4-8,12-14H,1,9-11H2,2-3H3/b20-14-. The summed E-state index contributed by atoms with van der Waals surface area (Å²) in [5, 5.41) is -0.309. The van der Waals surface area contributed by atoms with E-state index in [-0.39, 0.29) is 24.3 Å². The van der Waals surface area contributed by atoms with Crippen molar-refractivity contribution in [3.8, 4) is 17.2 Å². The summed E-state index contributed by atoms with van der Waals surface area (Å²) in [7, 11) is 1.55. The highest BCUT2D eigenvalue weighted by atomic mass is 127. The maximum Gasteiger partial charge on any atom is 0.293 e. The monoisotopic (exact) mass is 551 g/mol. The van der Waals surface area contributed by atoms with E-state index in [0.29, 0.717) is 28.8 Å². The number of carbonyl (C=O) groups excluding carboxylic acids is 2. The van der Waals surface area contributed by atoms with Gasteiger partial charge in [0.25, 0.3) is 11.1 Å². The molecular formula is C23H22INO5S. The molecule has 0 atom stereocenters. The van der Waals surface area contributed by atoms with E-state index >= 15 is 0 Å². The summed E-state index contributed by atoms with van der Waals surface area (Å²) in [4.78, 5) is 26.7. The van der Waals surface area contributed by atoms with E-state index in [4.69, 9.17) is 14.2 Å². The van der Waals surface area contributed by atoms with E-state index in [2.05, 4.69) is 29.2 Å². The number of thioether (sulfide) groups is 1. The highest BCUT2D eigenvalue weighted by Gasteiger charge is 2.34. The van der Waals surface area contributed by atoms with Crippen LogP contribution in [0.4, 0.5) is 4.79 Å².